The molecule has 3 aromatic rings. The fourth-order valence-corrected chi connectivity index (χ4v) is 3.20. The number of nitrogens with zero attached hydrogens (tertiary/aromatic N) is 2. The monoisotopic (exact) mass is 301 g/mol. The zero-order chi connectivity index (χ0) is 13.9. The van der Waals surface area contributed by atoms with Crippen LogP contribution >= 0.6 is 22.7 Å². The van der Waals surface area contributed by atoms with Crippen LogP contribution in [0, 0.1) is 13.8 Å². The van der Waals surface area contributed by atoms with E-state index in [4.69, 9.17) is 0 Å². The van der Waals surface area contributed by atoms with E-state index in [1.165, 1.54) is 0 Å². The molecule has 3 rings (SSSR count). The molecule has 0 unspecified atom stereocenters. The molecule has 0 fully saturated rings. The van der Waals surface area contributed by atoms with E-state index in [9.17, 15) is 0 Å². The number of rotatable bonds is 4. The standard InChI is InChI=1S/C15H15N3S2/c1-10-17-14(8-19-10)7-16-13-5-3-4-12(6-13)15-9-20-11(2)18-15/h3-6,8-9,16H,7H2,1-2H3. The number of anilines is 1. The van der Waals surface area contributed by atoms with Gasteiger partial charge < -0.3 is 5.32 Å². The van der Waals surface area contributed by atoms with Crippen molar-refractivity contribution in [2.24, 2.45) is 0 Å². The molecule has 20 heavy (non-hydrogen) atoms. The molecule has 0 amide bonds. The van der Waals surface area contributed by atoms with Crippen molar-refractivity contribution in [2.45, 2.75) is 20.4 Å². The van der Waals surface area contributed by atoms with Crippen LogP contribution in [0.3, 0.4) is 0 Å². The predicted octanol–water partition coefficient (Wildman–Crippen LogP) is 4.50. The fraction of sp³-hybridized carbons (Fsp3) is 0.200. The van der Waals surface area contributed by atoms with Crippen LogP contribution in [0.4, 0.5) is 5.69 Å². The molecule has 0 aliphatic rings. The Kier molecular flexibility index (Phi) is 3.80. The smallest absolute Gasteiger partial charge is 0.0901 e. The van der Waals surface area contributed by atoms with Crippen molar-refractivity contribution in [3.63, 3.8) is 0 Å². The number of hydrogen-bond acceptors (Lipinski definition) is 5. The highest BCUT2D eigenvalue weighted by atomic mass is 32.1. The van der Waals surface area contributed by atoms with Crippen molar-refractivity contribution < 1.29 is 0 Å². The second kappa shape index (κ2) is 5.73. The molecule has 0 saturated heterocycles. The van der Waals surface area contributed by atoms with Crippen LogP contribution in [0.25, 0.3) is 11.3 Å². The largest absolute Gasteiger partial charge is 0.379 e. The average Bonchev–Trinajstić information content (AvgIpc) is 3.06. The van der Waals surface area contributed by atoms with Crippen molar-refractivity contribution in [3.05, 3.63) is 50.7 Å². The van der Waals surface area contributed by atoms with Gasteiger partial charge >= 0.3 is 0 Å². The van der Waals surface area contributed by atoms with Gasteiger partial charge in [-0.3, -0.25) is 0 Å². The average molecular weight is 301 g/mol. The first-order chi connectivity index (χ1) is 9.70. The SMILES string of the molecule is Cc1nc(CNc2cccc(-c3csc(C)n3)c2)cs1. The normalized spacial score (nSPS) is 10.7. The van der Waals surface area contributed by atoms with Crippen LogP contribution in [0.15, 0.2) is 35.0 Å². The Morgan fingerprint density at radius 3 is 2.55 bits per heavy atom. The summed E-state index contributed by atoms with van der Waals surface area (Å²) in [6.07, 6.45) is 0. The Morgan fingerprint density at radius 2 is 1.85 bits per heavy atom. The van der Waals surface area contributed by atoms with Gasteiger partial charge in [0.1, 0.15) is 0 Å². The van der Waals surface area contributed by atoms with Crippen LogP contribution in [0.5, 0.6) is 0 Å². The minimum absolute atomic E-state index is 0.754. The Morgan fingerprint density at radius 1 is 1.05 bits per heavy atom. The highest BCUT2D eigenvalue weighted by Gasteiger charge is 2.03. The van der Waals surface area contributed by atoms with E-state index < -0.39 is 0 Å². The molecular weight excluding hydrogens is 286 g/mol. The van der Waals surface area contributed by atoms with Gasteiger partial charge in [-0.2, -0.15) is 0 Å². The second-order valence-electron chi connectivity index (χ2n) is 4.54. The summed E-state index contributed by atoms with van der Waals surface area (Å²) in [4.78, 5) is 8.98. The minimum Gasteiger partial charge on any atom is -0.379 e. The lowest BCUT2D eigenvalue weighted by Crippen LogP contribution is -1.99. The summed E-state index contributed by atoms with van der Waals surface area (Å²) in [6, 6.07) is 8.35. The van der Waals surface area contributed by atoms with Crippen molar-refractivity contribution >= 4 is 28.4 Å². The molecule has 0 bridgehead atoms. The molecule has 0 aliphatic carbocycles. The zero-order valence-corrected chi connectivity index (χ0v) is 13.0. The third-order valence-corrected chi connectivity index (χ3v) is 4.51. The van der Waals surface area contributed by atoms with Crippen LogP contribution in [-0.4, -0.2) is 9.97 Å². The predicted molar refractivity (Wildman–Crippen MR) is 86.5 cm³/mol. The molecule has 0 saturated carbocycles. The Labute approximate surface area is 126 Å². The molecule has 0 spiro atoms. The molecule has 3 nitrogen and oxygen atoms in total. The van der Waals surface area contributed by atoms with E-state index >= 15 is 0 Å². The van der Waals surface area contributed by atoms with E-state index in [2.05, 4.69) is 50.3 Å². The van der Waals surface area contributed by atoms with Crippen LogP contribution < -0.4 is 5.32 Å². The van der Waals surface area contributed by atoms with E-state index in [0.717, 1.165) is 39.2 Å². The third-order valence-electron chi connectivity index (χ3n) is 2.92. The molecule has 2 heterocycles. The first-order valence-electron chi connectivity index (χ1n) is 6.38. The number of aryl methyl sites for hydroxylation is 2. The van der Waals surface area contributed by atoms with Gasteiger partial charge in [0.2, 0.25) is 0 Å². The first kappa shape index (κ1) is 13.3. The molecule has 5 heteroatoms. The van der Waals surface area contributed by atoms with Crippen molar-refractivity contribution in [1.29, 1.82) is 0 Å². The number of aromatic nitrogens is 2. The van der Waals surface area contributed by atoms with Crippen LogP contribution in [0.1, 0.15) is 15.7 Å². The highest BCUT2D eigenvalue weighted by molar-refractivity contribution is 7.10. The number of thiazole rings is 2. The molecule has 1 N–H and O–H groups in total. The van der Waals surface area contributed by atoms with Crippen molar-refractivity contribution in [2.75, 3.05) is 5.32 Å². The summed E-state index contributed by atoms with van der Waals surface area (Å²) in [5, 5.41) is 9.80. The Balaban J connectivity index is 1.74. The lowest BCUT2D eigenvalue weighted by atomic mass is 10.1. The molecule has 1 aromatic carbocycles. The van der Waals surface area contributed by atoms with Gasteiger partial charge in [0.05, 0.1) is 27.9 Å². The summed E-state index contributed by atoms with van der Waals surface area (Å²) in [5.41, 5.74) is 4.37. The number of benzene rings is 1. The lowest BCUT2D eigenvalue weighted by molar-refractivity contribution is 1.05. The Hall–Kier alpha value is -1.72. The number of hydrogen-bond donors (Lipinski definition) is 1. The molecule has 102 valence electrons. The van der Waals surface area contributed by atoms with Gasteiger partial charge in [0.15, 0.2) is 0 Å². The summed E-state index contributed by atoms with van der Waals surface area (Å²) >= 11 is 3.36. The summed E-state index contributed by atoms with van der Waals surface area (Å²) < 4.78 is 0. The van der Waals surface area contributed by atoms with E-state index in [0.29, 0.717) is 0 Å². The molecule has 0 aliphatic heterocycles. The summed E-state index contributed by atoms with van der Waals surface area (Å²) in [5.74, 6) is 0. The molecular formula is C15H15N3S2. The second-order valence-corrected chi connectivity index (χ2v) is 6.67. The summed E-state index contributed by atoms with van der Waals surface area (Å²) in [6.45, 7) is 4.81. The quantitative estimate of drug-likeness (QED) is 0.771. The fourth-order valence-electron chi connectivity index (χ4n) is 1.97. The van der Waals surface area contributed by atoms with Gasteiger partial charge in [0.25, 0.3) is 0 Å². The molecule has 2 aromatic heterocycles. The third kappa shape index (κ3) is 3.05. The Bertz CT molecular complexity index is 715. The van der Waals surface area contributed by atoms with Crippen molar-refractivity contribution in [3.8, 4) is 11.3 Å². The zero-order valence-electron chi connectivity index (χ0n) is 11.4. The van der Waals surface area contributed by atoms with Crippen molar-refractivity contribution in [1.82, 2.24) is 9.97 Å². The van der Waals surface area contributed by atoms with E-state index in [-0.39, 0.29) is 0 Å². The van der Waals surface area contributed by atoms with Gasteiger partial charge in [-0.25, -0.2) is 9.97 Å². The topological polar surface area (TPSA) is 37.8 Å². The maximum Gasteiger partial charge on any atom is 0.0901 e. The van der Waals surface area contributed by atoms with Gasteiger partial charge in [-0.15, -0.1) is 22.7 Å². The lowest BCUT2D eigenvalue weighted by Gasteiger charge is -2.06. The highest BCUT2D eigenvalue weighted by Crippen LogP contribution is 2.24. The van der Waals surface area contributed by atoms with Crippen LogP contribution in [0.2, 0.25) is 0 Å². The number of nitrogens with one attached hydrogen (secondary N) is 1. The van der Waals surface area contributed by atoms with Gasteiger partial charge in [-0.05, 0) is 26.0 Å². The van der Waals surface area contributed by atoms with Crippen LogP contribution in [-0.2, 0) is 6.54 Å². The van der Waals surface area contributed by atoms with Gasteiger partial charge in [-0.1, -0.05) is 12.1 Å². The molecule has 0 atom stereocenters. The maximum atomic E-state index is 4.52. The molecule has 0 radical (unpaired) electrons. The van der Waals surface area contributed by atoms with E-state index in [1.54, 1.807) is 22.7 Å². The van der Waals surface area contributed by atoms with E-state index in [1.807, 2.05) is 13.8 Å². The summed E-state index contributed by atoms with van der Waals surface area (Å²) in [7, 11) is 0. The minimum atomic E-state index is 0.754. The van der Waals surface area contributed by atoms with Gasteiger partial charge in [0, 0.05) is 22.0 Å². The maximum absolute atomic E-state index is 4.52. The first-order valence-corrected chi connectivity index (χ1v) is 8.14.